The Labute approximate surface area is 161 Å². The normalized spacial score (nSPS) is 14.1. The number of rotatable bonds is 9. The van der Waals surface area contributed by atoms with E-state index in [1.807, 2.05) is 0 Å². The van der Waals surface area contributed by atoms with Crippen molar-refractivity contribution >= 4 is 17.6 Å². The SMILES string of the molecule is CCOC(=O)/C(=C\c1ccc(OC(F)F)c(OCC2CC2)c1)c1ccncc1. The van der Waals surface area contributed by atoms with Gasteiger partial charge in [0.05, 0.1) is 18.8 Å². The summed E-state index contributed by atoms with van der Waals surface area (Å²) in [5.41, 5.74) is 1.58. The van der Waals surface area contributed by atoms with Crippen LogP contribution in [0.3, 0.4) is 0 Å². The number of halogens is 2. The van der Waals surface area contributed by atoms with Crippen LogP contribution in [0, 0.1) is 5.92 Å². The van der Waals surface area contributed by atoms with E-state index in [9.17, 15) is 13.6 Å². The average Bonchev–Trinajstić information content (AvgIpc) is 3.51. The third-order valence-electron chi connectivity index (χ3n) is 4.15. The average molecular weight is 389 g/mol. The number of benzene rings is 1. The van der Waals surface area contributed by atoms with Gasteiger partial charge in [-0.3, -0.25) is 4.98 Å². The zero-order valence-electron chi connectivity index (χ0n) is 15.4. The fraction of sp³-hybridized carbons (Fsp3) is 0.333. The Morgan fingerprint density at radius 3 is 2.61 bits per heavy atom. The molecule has 148 valence electrons. The first-order chi connectivity index (χ1) is 13.6. The largest absolute Gasteiger partial charge is 0.489 e. The number of ether oxygens (including phenoxy) is 3. The Balaban J connectivity index is 1.93. The van der Waals surface area contributed by atoms with Crippen LogP contribution in [0.2, 0.25) is 0 Å². The molecule has 0 spiro atoms. The van der Waals surface area contributed by atoms with E-state index in [0.717, 1.165) is 12.8 Å². The summed E-state index contributed by atoms with van der Waals surface area (Å²) >= 11 is 0. The number of carbonyl (C=O) groups excluding carboxylic acids is 1. The molecule has 0 aliphatic heterocycles. The molecule has 0 amide bonds. The van der Waals surface area contributed by atoms with Gasteiger partial charge in [0.15, 0.2) is 11.5 Å². The molecule has 1 saturated carbocycles. The fourth-order valence-corrected chi connectivity index (χ4v) is 2.58. The molecule has 5 nitrogen and oxygen atoms in total. The van der Waals surface area contributed by atoms with Crippen molar-refractivity contribution in [1.29, 1.82) is 0 Å². The lowest BCUT2D eigenvalue weighted by molar-refractivity contribution is -0.136. The van der Waals surface area contributed by atoms with Crippen LogP contribution in [0.4, 0.5) is 8.78 Å². The van der Waals surface area contributed by atoms with Crippen molar-refractivity contribution in [2.45, 2.75) is 26.4 Å². The molecule has 1 aliphatic rings. The third-order valence-corrected chi connectivity index (χ3v) is 4.15. The van der Waals surface area contributed by atoms with E-state index in [2.05, 4.69) is 9.72 Å². The summed E-state index contributed by atoms with van der Waals surface area (Å²) in [5.74, 6) is 0.154. The Kier molecular flexibility index (Phi) is 6.57. The van der Waals surface area contributed by atoms with Gasteiger partial charge in [0.1, 0.15) is 0 Å². The summed E-state index contributed by atoms with van der Waals surface area (Å²) in [6, 6.07) is 7.97. The molecule has 7 heteroatoms. The molecule has 1 aromatic carbocycles. The van der Waals surface area contributed by atoms with E-state index in [-0.39, 0.29) is 18.1 Å². The molecule has 0 N–H and O–H groups in total. The molecule has 28 heavy (non-hydrogen) atoms. The number of hydrogen-bond donors (Lipinski definition) is 0. The lowest BCUT2D eigenvalue weighted by atomic mass is 10.0. The minimum Gasteiger partial charge on any atom is -0.489 e. The standard InChI is InChI=1S/C21H21F2NO4/c1-2-26-20(25)17(16-7-9-24-10-8-16)11-15-5-6-18(28-21(22)23)19(12-15)27-13-14-3-4-14/h5-12,14,21H,2-4,13H2,1H3/b17-11-. The fourth-order valence-electron chi connectivity index (χ4n) is 2.58. The Morgan fingerprint density at radius 2 is 1.96 bits per heavy atom. The van der Waals surface area contributed by atoms with Crippen molar-refractivity contribution in [3.63, 3.8) is 0 Å². The highest BCUT2D eigenvalue weighted by Crippen LogP contribution is 2.35. The van der Waals surface area contributed by atoms with Crippen LogP contribution >= 0.6 is 0 Å². The molecular weight excluding hydrogens is 368 g/mol. The predicted molar refractivity (Wildman–Crippen MR) is 100 cm³/mol. The molecule has 0 atom stereocenters. The van der Waals surface area contributed by atoms with E-state index >= 15 is 0 Å². The van der Waals surface area contributed by atoms with Gasteiger partial charge >= 0.3 is 12.6 Å². The van der Waals surface area contributed by atoms with E-state index in [0.29, 0.717) is 29.2 Å². The van der Waals surface area contributed by atoms with Gasteiger partial charge in [0.25, 0.3) is 0 Å². The van der Waals surface area contributed by atoms with Crippen LogP contribution in [0.15, 0.2) is 42.7 Å². The number of carbonyl (C=O) groups is 1. The van der Waals surface area contributed by atoms with Crippen LogP contribution in [-0.4, -0.2) is 30.8 Å². The first-order valence-electron chi connectivity index (χ1n) is 9.07. The van der Waals surface area contributed by atoms with Crippen LogP contribution in [0.1, 0.15) is 30.9 Å². The molecule has 3 rings (SSSR count). The van der Waals surface area contributed by atoms with Gasteiger partial charge < -0.3 is 14.2 Å². The van der Waals surface area contributed by atoms with Gasteiger partial charge in [-0.1, -0.05) is 6.07 Å². The summed E-state index contributed by atoms with van der Waals surface area (Å²) < 4.78 is 40.7. The van der Waals surface area contributed by atoms with Crippen molar-refractivity contribution < 1.29 is 27.8 Å². The second kappa shape index (κ2) is 9.30. The molecular formula is C21H21F2NO4. The van der Waals surface area contributed by atoms with Gasteiger partial charge in [0.2, 0.25) is 0 Å². The van der Waals surface area contributed by atoms with Crippen LogP contribution < -0.4 is 9.47 Å². The van der Waals surface area contributed by atoms with Gasteiger partial charge in [-0.05, 0) is 67.2 Å². The van der Waals surface area contributed by atoms with Crippen molar-refractivity contribution in [2.24, 2.45) is 5.92 Å². The zero-order chi connectivity index (χ0) is 19.9. The summed E-state index contributed by atoms with van der Waals surface area (Å²) in [5, 5.41) is 0. The van der Waals surface area contributed by atoms with E-state index in [1.54, 1.807) is 49.7 Å². The van der Waals surface area contributed by atoms with Crippen LogP contribution in [0.25, 0.3) is 11.6 Å². The first kappa shape index (κ1) is 19.8. The molecule has 1 heterocycles. The van der Waals surface area contributed by atoms with E-state index < -0.39 is 12.6 Å². The number of pyridine rings is 1. The smallest absolute Gasteiger partial charge is 0.387 e. The van der Waals surface area contributed by atoms with E-state index in [4.69, 9.17) is 9.47 Å². The molecule has 0 bridgehead atoms. The van der Waals surface area contributed by atoms with Crippen molar-refractivity contribution in [1.82, 2.24) is 4.98 Å². The second-order valence-corrected chi connectivity index (χ2v) is 6.35. The lowest BCUT2D eigenvalue weighted by Gasteiger charge is -2.13. The molecule has 2 aromatic rings. The number of aromatic nitrogens is 1. The number of alkyl halides is 2. The quantitative estimate of drug-likeness (QED) is 0.464. The van der Waals surface area contributed by atoms with Crippen LogP contribution in [-0.2, 0) is 9.53 Å². The van der Waals surface area contributed by atoms with Gasteiger partial charge in [-0.15, -0.1) is 0 Å². The highest BCUT2D eigenvalue weighted by atomic mass is 19.3. The summed E-state index contributed by atoms with van der Waals surface area (Å²) in [4.78, 5) is 16.4. The topological polar surface area (TPSA) is 57.7 Å². The van der Waals surface area contributed by atoms with E-state index in [1.165, 1.54) is 6.07 Å². The highest BCUT2D eigenvalue weighted by molar-refractivity contribution is 6.21. The molecule has 1 aromatic heterocycles. The monoisotopic (exact) mass is 389 g/mol. The number of nitrogens with zero attached hydrogens (tertiary/aromatic N) is 1. The van der Waals surface area contributed by atoms with Crippen molar-refractivity contribution in [3.05, 3.63) is 53.9 Å². The summed E-state index contributed by atoms with van der Waals surface area (Å²) in [7, 11) is 0. The summed E-state index contributed by atoms with van der Waals surface area (Å²) in [6.07, 6.45) is 6.92. The van der Waals surface area contributed by atoms with Gasteiger partial charge in [0, 0.05) is 12.4 Å². The Morgan fingerprint density at radius 1 is 1.21 bits per heavy atom. The zero-order valence-corrected chi connectivity index (χ0v) is 15.4. The Hall–Kier alpha value is -2.96. The number of esters is 1. The molecule has 1 aliphatic carbocycles. The Bertz CT molecular complexity index is 836. The molecule has 0 saturated heterocycles. The van der Waals surface area contributed by atoms with Gasteiger partial charge in [-0.25, -0.2) is 4.79 Å². The van der Waals surface area contributed by atoms with Gasteiger partial charge in [-0.2, -0.15) is 8.78 Å². The predicted octanol–water partition coefficient (Wildman–Crippen LogP) is 4.58. The third kappa shape index (κ3) is 5.52. The maximum Gasteiger partial charge on any atom is 0.387 e. The maximum atomic E-state index is 12.7. The lowest BCUT2D eigenvalue weighted by Crippen LogP contribution is -2.07. The first-order valence-corrected chi connectivity index (χ1v) is 9.07. The van der Waals surface area contributed by atoms with Crippen molar-refractivity contribution in [2.75, 3.05) is 13.2 Å². The molecule has 0 unspecified atom stereocenters. The summed E-state index contributed by atoms with van der Waals surface area (Å²) in [6.45, 7) is -0.542. The minimum absolute atomic E-state index is 0.0330. The molecule has 0 radical (unpaired) electrons. The minimum atomic E-state index is -2.95. The molecule has 1 fully saturated rings. The van der Waals surface area contributed by atoms with Crippen molar-refractivity contribution in [3.8, 4) is 11.5 Å². The highest BCUT2D eigenvalue weighted by Gasteiger charge is 2.23. The van der Waals surface area contributed by atoms with Crippen LogP contribution in [0.5, 0.6) is 11.5 Å². The second-order valence-electron chi connectivity index (χ2n) is 6.35. The number of hydrogen-bond acceptors (Lipinski definition) is 5. The maximum absolute atomic E-state index is 12.7.